The standard InChI is InChI=1S/C16H18ClN3O2S2/c1-3-14(21)20(12-5-6-12)15-18-19-16(24-15)23-9-10-8-11(17)4-7-13(10)22-2/h4,7-8,12H,3,5-6,9H2,1-2H3. The van der Waals surface area contributed by atoms with Crippen molar-refractivity contribution in [2.45, 2.75) is 42.3 Å². The second-order valence-corrected chi connectivity index (χ2v) is 8.06. The van der Waals surface area contributed by atoms with Crippen LogP contribution >= 0.6 is 34.7 Å². The van der Waals surface area contributed by atoms with E-state index >= 15 is 0 Å². The van der Waals surface area contributed by atoms with Gasteiger partial charge in [0.05, 0.1) is 7.11 Å². The van der Waals surface area contributed by atoms with Crippen molar-refractivity contribution in [2.75, 3.05) is 12.0 Å². The van der Waals surface area contributed by atoms with Crippen molar-refractivity contribution in [3.05, 3.63) is 28.8 Å². The first-order valence-corrected chi connectivity index (χ1v) is 9.91. The molecule has 1 heterocycles. The van der Waals surface area contributed by atoms with Gasteiger partial charge in [-0.15, -0.1) is 10.2 Å². The van der Waals surface area contributed by atoms with Gasteiger partial charge in [-0.05, 0) is 31.0 Å². The number of amides is 1. The summed E-state index contributed by atoms with van der Waals surface area (Å²) in [5, 5.41) is 9.81. The van der Waals surface area contributed by atoms with Crippen LogP contribution in [0.5, 0.6) is 5.75 Å². The largest absolute Gasteiger partial charge is 0.496 e. The van der Waals surface area contributed by atoms with E-state index < -0.39 is 0 Å². The van der Waals surface area contributed by atoms with Gasteiger partial charge in [0.1, 0.15) is 5.75 Å². The molecule has 24 heavy (non-hydrogen) atoms. The van der Waals surface area contributed by atoms with Crippen LogP contribution in [0, 0.1) is 0 Å². The fourth-order valence-corrected chi connectivity index (χ4v) is 4.43. The molecule has 0 aliphatic heterocycles. The van der Waals surface area contributed by atoms with E-state index in [1.807, 2.05) is 30.0 Å². The van der Waals surface area contributed by atoms with Crippen molar-refractivity contribution in [3.63, 3.8) is 0 Å². The monoisotopic (exact) mass is 383 g/mol. The molecule has 0 bridgehead atoms. The Morgan fingerprint density at radius 1 is 1.46 bits per heavy atom. The Morgan fingerprint density at radius 2 is 2.25 bits per heavy atom. The van der Waals surface area contributed by atoms with Gasteiger partial charge in [-0.3, -0.25) is 9.69 Å². The molecule has 1 aromatic carbocycles. The van der Waals surface area contributed by atoms with Crippen LogP contribution in [0.25, 0.3) is 0 Å². The number of carbonyl (C=O) groups excluding carboxylic acids is 1. The molecular formula is C16H18ClN3O2S2. The molecule has 1 amide bonds. The Bertz CT molecular complexity index is 734. The number of benzene rings is 1. The lowest BCUT2D eigenvalue weighted by atomic mass is 10.2. The van der Waals surface area contributed by atoms with Gasteiger partial charge in [-0.25, -0.2) is 0 Å². The third-order valence-electron chi connectivity index (χ3n) is 3.68. The summed E-state index contributed by atoms with van der Waals surface area (Å²) < 4.78 is 6.20. The number of nitrogens with zero attached hydrogens (tertiary/aromatic N) is 3. The number of carbonyl (C=O) groups is 1. The van der Waals surface area contributed by atoms with E-state index in [4.69, 9.17) is 16.3 Å². The highest BCUT2D eigenvalue weighted by Crippen LogP contribution is 2.37. The minimum absolute atomic E-state index is 0.113. The molecule has 0 radical (unpaired) electrons. The van der Waals surface area contributed by atoms with Crippen LogP contribution in [0.2, 0.25) is 5.02 Å². The minimum atomic E-state index is 0.113. The van der Waals surface area contributed by atoms with E-state index in [0.717, 1.165) is 28.5 Å². The number of hydrogen-bond donors (Lipinski definition) is 0. The summed E-state index contributed by atoms with van der Waals surface area (Å²) in [6.45, 7) is 1.87. The Labute approximate surface area is 154 Å². The first-order valence-electron chi connectivity index (χ1n) is 7.73. The van der Waals surface area contributed by atoms with Gasteiger partial charge in [-0.2, -0.15) is 0 Å². The maximum Gasteiger partial charge on any atom is 0.228 e. The van der Waals surface area contributed by atoms with Crippen molar-refractivity contribution in [1.82, 2.24) is 10.2 Å². The summed E-state index contributed by atoms with van der Waals surface area (Å²) in [5.74, 6) is 1.60. The zero-order valence-corrected chi connectivity index (χ0v) is 15.9. The summed E-state index contributed by atoms with van der Waals surface area (Å²) in [7, 11) is 1.64. The van der Waals surface area contributed by atoms with Gasteiger partial charge in [0.25, 0.3) is 0 Å². The van der Waals surface area contributed by atoms with E-state index in [-0.39, 0.29) is 5.91 Å². The molecule has 3 rings (SSSR count). The number of anilines is 1. The maximum atomic E-state index is 12.1. The Hall–Kier alpha value is -1.31. The second kappa shape index (κ2) is 7.72. The third kappa shape index (κ3) is 4.02. The zero-order valence-electron chi connectivity index (χ0n) is 13.5. The van der Waals surface area contributed by atoms with Crippen LogP contribution in [0.3, 0.4) is 0 Å². The van der Waals surface area contributed by atoms with Crippen LogP contribution in [0.15, 0.2) is 22.5 Å². The normalized spacial score (nSPS) is 13.8. The number of rotatable bonds is 7. The van der Waals surface area contributed by atoms with E-state index in [2.05, 4.69) is 10.2 Å². The lowest BCUT2D eigenvalue weighted by Crippen LogP contribution is -2.32. The van der Waals surface area contributed by atoms with E-state index in [1.54, 1.807) is 18.9 Å². The molecule has 1 fully saturated rings. The molecule has 1 aliphatic carbocycles. The number of aromatic nitrogens is 2. The van der Waals surface area contributed by atoms with Gasteiger partial charge >= 0.3 is 0 Å². The highest BCUT2D eigenvalue weighted by Gasteiger charge is 2.35. The molecule has 1 saturated carbocycles. The smallest absolute Gasteiger partial charge is 0.228 e. The van der Waals surface area contributed by atoms with E-state index in [1.165, 1.54) is 11.3 Å². The quantitative estimate of drug-likeness (QED) is 0.524. The fraction of sp³-hybridized carbons (Fsp3) is 0.438. The molecule has 5 nitrogen and oxygen atoms in total. The number of hydrogen-bond acceptors (Lipinski definition) is 6. The zero-order chi connectivity index (χ0) is 17.1. The van der Waals surface area contributed by atoms with Crippen molar-refractivity contribution < 1.29 is 9.53 Å². The highest BCUT2D eigenvalue weighted by atomic mass is 35.5. The average Bonchev–Trinajstić information content (AvgIpc) is 3.31. The predicted molar refractivity (Wildman–Crippen MR) is 98.3 cm³/mol. The summed E-state index contributed by atoms with van der Waals surface area (Å²) in [4.78, 5) is 13.9. The van der Waals surface area contributed by atoms with Crippen LogP contribution < -0.4 is 9.64 Å². The molecule has 8 heteroatoms. The Balaban J connectivity index is 1.70. The highest BCUT2D eigenvalue weighted by molar-refractivity contribution is 8.00. The molecule has 1 aromatic heterocycles. The van der Waals surface area contributed by atoms with Crippen molar-refractivity contribution >= 4 is 45.7 Å². The van der Waals surface area contributed by atoms with E-state index in [0.29, 0.717) is 28.4 Å². The van der Waals surface area contributed by atoms with E-state index in [9.17, 15) is 4.79 Å². The number of halogens is 1. The first-order chi connectivity index (χ1) is 11.6. The summed E-state index contributed by atoms with van der Waals surface area (Å²) >= 11 is 9.09. The third-order valence-corrected chi connectivity index (χ3v) is 6.02. The lowest BCUT2D eigenvalue weighted by molar-refractivity contribution is -0.118. The van der Waals surface area contributed by atoms with Crippen LogP contribution in [-0.2, 0) is 10.5 Å². The van der Waals surface area contributed by atoms with Gasteiger partial charge in [-0.1, -0.05) is 41.6 Å². The Kier molecular flexibility index (Phi) is 5.63. The maximum absolute atomic E-state index is 12.1. The molecular weight excluding hydrogens is 366 g/mol. The molecule has 128 valence electrons. The van der Waals surface area contributed by atoms with Crippen LogP contribution in [0.1, 0.15) is 31.7 Å². The average molecular weight is 384 g/mol. The number of ether oxygens (including phenoxy) is 1. The molecule has 1 aliphatic rings. The van der Waals surface area contributed by atoms with Crippen LogP contribution in [-0.4, -0.2) is 29.3 Å². The van der Waals surface area contributed by atoms with Crippen molar-refractivity contribution in [1.29, 1.82) is 0 Å². The number of methoxy groups -OCH3 is 1. The molecule has 0 saturated heterocycles. The first kappa shape index (κ1) is 17.5. The summed E-state index contributed by atoms with van der Waals surface area (Å²) in [5.41, 5.74) is 1.01. The molecule has 0 unspecified atom stereocenters. The van der Waals surface area contributed by atoms with Crippen molar-refractivity contribution in [3.8, 4) is 5.75 Å². The molecule has 2 aromatic rings. The van der Waals surface area contributed by atoms with Gasteiger partial charge < -0.3 is 4.74 Å². The SMILES string of the molecule is CCC(=O)N(c1nnc(SCc2cc(Cl)ccc2OC)s1)C1CC1. The Morgan fingerprint density at radius 3 is 2.92 bits per heavy atom. The topological polar surface area (TPSA) is 55.3 Å². The predicted octanol–water partition coefficient (Wildman–Crippen LogP) is 4.40. The lowest BCUT2D eigenvalue weighted by Gasteiger charge is -2.17. The summed E-state index contributed by atoms with van der Waals surface area (Å²) in [6.07, 6.45) is 2.58. The minimum Gasteiger partial charge on any atom is -0.496 e. The summed E-state index contributed by atoms with van der Waals surface area (Å²) in [6, 6.07) is 5.86. The number of thioether (sulfide) groups is 1. The van der Waals surface area contributed by atoms with Crippen LogP contribution in [0.4, 0.5) is 5.13 Å². The molecule has 0 N–H and O–H groups in total. The fourth-order valence-electron chi connectivity index (χ4n) is 2.33. The van der Waals surface area contributed by atoms with Gasteiger partial charge in [0, 0.05) is 28.8 Å². The molecule has 0 atom stereocenters. The second-order valence-electron chi connectivity index (χ2n) is 5.44. The van der Waals surface area contributed by atoms with Gasteiger partial charge in [0.2, 0.25) is 11.0 Å². The molecule has 0 spiro atoms. The van der Waals surface area contributed by atoms with Crippen molar-refractivity contribution in [2.24, 2.45) is 0 Å². The van der Waals surface area contributed by atoms with Gasteiger partial charge in [0.15, 0.2) is 4.34 Å².